The van der Waals surface area contributed by atoms with Gasteiger partial charge in [-0.05, 0) is 42.5 Å². The van der Waals surface area contributed by atoms with Gasteiger partial charge in [0.25, 0.3) is 0 Å². The van der Waals surface area contributed by atoms with E-state index >= 15 is 0 Å². The van der Waals surface area contributed by atoms with Crippen molar-refractivity contribution in [2.75, 3.05) is 16.0 Å². The van der Waals surface area contributed by atoms with Crippen molar-refractivity contribution in [2.45, 2.75) is 0 Å². The number of benzene rings is 3. The Morgan fingerprint density at radius 3 is 2.51 bits per heavy atom. The first-order chi connectivity index (χ1) is 17.0. The number of carbonyl (C=O) groups excluding carboxylic acids is 1. The highest BCUT2D eigenvalue weighted by molar-refractivity contribution is 6.33. The Balaban J connectivity index is 1.41. The lowest BCUT2D eigenvalue weighted by Gasteiger charge is -2.12. The molecular formula is C25H17Cl2FN6O. The zero-order valence-electron chi connectivity index (χ0n) is 18.0. The largest absolute Gasteiger partial charge is 0.336 e. The average Bonchev–Trinajstić information content (AvgIpc) is 3.32. The normalized spacial score (nSPS) is 10.8. The number of rotatable bonds is 5. The van der Waals surface area contributed by atoms with Crippen LogP contribution in [0.15, 0.2) is 85.3 Å². The van der Waals surface area contributed by atoms with Crippen molar-refractivity contribution in [1.29, 1.82) is 0 Å². The molecule has 0 unspecified atom stereocenters. The number of amides is 2. The van der Waals surface area contributed by atoms with E-state index in [-0.39, 0.29) is 5.02 Å². The van der Waals surface area contributed by atoms with Crippen LogP contribution in [0.25, 0.3) is 16.9 Å². The van der Waals surface area contributed by atoms with Crippen molar-refractivity contribution in [1.82, 2.24) is 14.4 Å². The van der Waals surface area contributed by atoms with Gasteiger partial charge in [-0.2, -0.15) is 0 Å². The smallest absolute Gasteiger partial charge is 0.323 e. The highest BCUT2D eigenvalue weighted by Crippen LogP contribution is 2.29. The van der Waals surface area contributed by atoms with Gasteiger partial charge in [-0.3, -0.25) is 0 Å². The van der Waals surface area contributed by atoms with Crippen LogP contribution >= 0.6 is 23.2 Å². The molecule has 0 spiro atoms. The Labute approximate surface area is 209 Å². The average molecular weight is 507 g/mol. The second-order valence-electron chi connectivity index (χ2n) is 7.53. The van der Waals surface area contributed by atoms with E-state index in [1.54, 1.807) is 30.5 Å². The SMILES string of the molecule is O=C(Nc1cccc(-c2cn3ccnc3c(Nc3ccccc3Cl)n2)c1)Nc1ccc(F)c(Cl)c1. The molecule has 2 heterocycles. The first-order valence-electron chi connectivity index (χ1n) is 10.4. The lowest BCUT2D eigenvalue weighted by Crippen LogP contribution is -2.19. The molecule has 0 aliphatic rings. The minimum Gasteiger partial charge on any atom is -0.336 e. The third-order valence-electron chi connectivity index (χ3n) is 5.09. The van der Waals surface area contributed by atoms with Crippen LogP contribution < -0.4 is 16.0 Å². The Hall–Kier alpha value is -4.14. The number of halogens is 3. The number of anilines is 4. The standard InChI is InChI=1S/C25H17Cl2FN6O/c26-18-6-1-2-7-21(18)32-23-24-29-10-11-34(24)14-22(33-23)15-4-3-5-16(12-15)30-25(35)31-17-8-9-20(28)19(27)13-17/h1-14H,(H,32,33)(H2,30,31,35). The highest BCUT2D eigenvalue weighted by Gasteiger charge is 2.12. The molecule has 10 heteroatoms. The number of hydrogen-bond donors (Lipinski definition) is 3. The Bertz CT molecular complexity index is 1550. The third kappa shape index (κ3) is 5.03. The molecule has 0 saturated heterocycles. The van der Waals surface area contributed by atoms with E-state index in [9.17, 15) is 9.18 Å². The molecule has 174 valence electrons. The van der Waals surface area contributed by atoms with Crippen molar-refractivity contribution >= 4 is 57.8 Å². The number of hydrogen-bond acceptors (Lipinski definition) is 4. The van der Waals surface area contributed by atoms with Gasteiger partial charge >= 0.3 is 6.03 Å². The van der Waals surface area contributed by atoms with Gasteiger partial charge in [-0.1, -0.05) is 47.5 Å². The molecule has 0 atom stereocenters. The zero-order valence-corrected chi connectivity index (χ0v) is 19.5. The Morgan fingerprint density at radius 2 is 1.71 bits per heavy atom. The van der Waals surface area contributed by atoms with E-state index in [0.717, 1.165) is 5.56 Å². The molecule has 2 aromatic heterocycles. The number of nitrogens with one attached hydrogen (secondary N) is 3. The number of aromatic nitrogens is 3. The first-order valence-corrected chi connectivity index (χ1v) is 11.2. The van der Waals surface area contributed by atoms with Crippen LogP contribution in [-0.4, -0.2) is 20.4 Å². The molecule has 2 amide bonds. The number of nitrogens with zero attached hydrogens (tertiary/aromatic N) is 3. The Kier molecular flexibility index (Phi) is 6.22. The summed E-state index contributed by atoms with van der Waals surface area (Å²) in [6.45, 7) is 0. The lowest BCUT2D eigenvalue weighted by molar-refractivity contribution is 0.262. The Morgan fingerprint density at radius 1 is 0.914 bits per heavy atom. The van der Waals surface area contributed by atoms with Crippen LogP contribution in [0.3, 0.4) is 0 Å². The molecule has 0 saturated carbocycles. The molecular weight excluding hydrogens is 490 g/mol. The molecule has 3 aromatic carbocycles. The number of carbonyl (C=O) groups is 1. The fraction of sp³-hybridized carbons (Fsp3) is 0. The van der Waals surface area contributed by atoms with E-state index in [1.165, 1.54) is 18.2 Å². The van der Waals surface area contributed by atoms with E-state index in [2.05, 4.69) is 20.9 Å². The molecule has 0 radical (unpaired) electrons. The molecule has 0 aliphatic carbocycles. The minimum absolute atomic E-state index is 0.0769. The molecule has 0 fully saturated rings. The molecule has 35 heavy (non-hydrogen) atoms. The zero-order chi connectivity index (χ0) is 24.4. The van der Waals surface area contributed by atoms with Gasteiger partial charge in [0.15, 0.2) is 11.5 Å². The summed E-state index contributed by atoms with van der Waals surface area (Å²) in [5.41, 5.74) is 3.68. The topological polar surface area (TPSA) is 83.4 Å². The van der Waals surface area contributed by atoms with Crippen LogP contribution in [0.5, 0.6) is 0 Å². The van der Waals surface area contributed by atoms with Gasteiger partial charge in [-0.25, -0.2) is 19.2 Å². The second-order valence-corrected chi connectivity index (χ2v) is 8.34. The fourth-order valence-corrected chi connectivity index (χ4v) is 3.83. The van der Waals surface area contributed by atoms with Crippen molar-refractivity contribution in [3.63, 3.8) is 0 Å². The van der Waals surface area contributed by atoms with Crippen LogP contribution in [-0.2, 0) is 0 Å². The molecule has 7 nitrogen and oxygen atoms in total. The van der Waals surface area contributed by atoms with E-state index in [1.807, 2.05) is 41.1 Å². The summed E-state index contributed by atoms with van der Waals surface area (Å²) < 4.78 is 15.2. The lowest BCUT2D eigenvalue weighted by atomic mass is 10.1. The van der Waals surface area contributed by atoms with Gasteiger partial charge < -0.3 is 20.4 Å². The third-order valence-corrected chi connectivity index (χ3v) is 5.71. The van der Waals surface area contributed by atoms with Crippen LogP contribution in [0.4, 0.5) is 32.1 Å². The summed E-state index contributed by atoms with van der Waals surface area (Å²) >= 11 is 12.1. The van der Waals surface area contributed by atoms with Gasteiger partial charge in [0.05, 0.1) is 21.4 Å². The van der Waals surface area contributed by atoms with Crippen molar-refractivity contribution in [2.24, 2.45) is 0 Å². The monoisotopic (exact) mass is 506 g/mol. The first kappa shape index (κ1) is 22.6. The second kappa shape index (κ2) is 9.61. The molecule has 5 rings (SSSR count). The van der Waals surface area contributed by atoms with E-state index in [0.29, 0.717) is 39.2 Å². The summed E-state index contributed by atoms with van der Waals surface area (Å²) in [6, 6.07) is 18.1. The summed E-state index contributed by atoms with van der Waals surface area (Å²) in [6.07, 6.45) is 5.35. The number of fused-ring (bicyclic) bond motifs is 1. The number of urea groups is 1. The molecule has 5 aromatic rings. The molecule has 3 N–H and O–H groups in total. The van der Waals surface area contributed by atoms with E-state index < -0.39 is 11.8 Å². The number of para-hydroxylation sites is 1. The highest BCUT2D eigenvalue weighted by atomic mass is 35.5. The predicted octanol–water partition coefficient (Wildman–Crippen LogP) is 7.23. The van der Waals surface area contributed by atoms with Crippen LogP contribution in [0.2, 0.25) is 10.0 Å². The summed E-state index contributed by atoms with van der Waals surface area (Å²) in [5, 5.41) is 9.12. The van der Waals surface area contributed by atoms with Crippen molar-refractivity contribution < 1.29 is 9.18 Å². The van der Waals surface area contributed by atoms with Crippen molar-refractivity contribution in [3.8, 4) is 11.3 Å². The maximum absolute atomic E-state index is 13.4. The fourth-order valence-electron chi connectivity index (χ4n) is 3.47. The summed E-state index contributed by atoms with van der Waals surface area (Å²) in [5.74, 6) is -0.0269. The predicted molar refractivity (Wildman–Crippen MR) is 137 cm³/mol. The minimum atomic E-state index is -0.559. The van der Waals surface area contributed by atoms with Gasteiger partial charge in [0.2, 0.25) is 0 Å². The van der Waals surface area contributed by atoms with Gasteiger partial charge in [-0.15, -0.1) is 0 Å². The van der Waals surface area contributed by atoms with Gasteiger partial charge in [0.1, 0.15) is 5.82 Å². The van der Waals surface area contributed by atoms with Crippen molar-refractivity contribution in [3.05, 3.63) is 101 Å². The maximum atomic E-state index is 13.4. The maximum Gasteiger partial charge on any atom is 0.323 e. The van der Waals surface area contributed by atoms with Crippen LogP contribution in [0, 0.1) is 5.82 Å². The molecule has 0 bridgehead atoms. The summed E-state index contributed by atoms with van der Waals surface area (Å²) in [7, 11) is 0. The quantitative estimate of drug-likeness (QED) is 0.234. The van der Waals surface area contributed by atoms with Gasteiger partial charge in [0, 0.05) is 35.5 Å². The number of imidazole rings is 1. The molecule has 0 aliphatic heterocycles. The van der Waals surface area contributed by atoms with Crippen LogP contribution in [0.1, 0.15) is 0 Å². The van der Waals surface area contributed by atoms with E-state index in [4.69, 9.17) is 28.2 Å². The summed E-state index contributed by atoms with van der Waals surface area (Å²) in [4.78, 5) is 21.6.